The van der Waals surface area contributed by atoms with E-state index in [2.05, 4.69) is 33.7 Å². The fourth-order valence-corrected chi connectivity index (χ4v) is 3.50. The Morgan fingerprint density at radius 3 is 1.85 bits per heavy atom. The van der Waals surface area contributed by atoms with E-state index in [1.807, 2.05) is 0 Å². The smallest absolute Gasteiger partial charge is 0.335 e. The first-order valence-electron chi connectivity index (χ1n) is 5.24. The van der Waals surface area contributed by atoms with E-state index >= 15 is 0 Å². The van der Waals surface area contributed by atoms with Crippen LogP contribution >= 0.6 is 0 Å². The molecule has 0 saturated heterocycles. The fraction of sp³-hybridized carbons (Fsp3) is 0.900. The molecule has 3 heteroatoms. The summed E-state index contributed by atoms with van der Waals surface area (Å²) in [7, 11) is -1.85. The van der Waals surface area contributed by atoms with Gasteiger partial charge < -0.3 is 8.85 Å². The lowest BCUT2D eigenvalue weighted by atomic mass is 10.5. The van der Waals surface area contributed by atoms with Crippen molar-refractivity contribution in [2.75, 3.05) is 13.2 Å². The van der Waals surface area contributed by atoms with Gasteiger partial charge in [0.1, 0.15) is 0 Å². The van der Waals surface area contributed by atoms with E-state index in [1.54, 1.807) is 0 Å². The third-order valence-corrected chi connectivity index (χ3v) is 4.58. The molecule has 13 heavy (non-hydrogen) atoms. The summed E-state index contributed by atoms with van der Waals surface area (Å²) in [5, 5.41) is 0. The number of hydrogen-bond acceptors (Lipinski definition) is 2. The summed E-state index contributed by atoms with van der Waals surface area (Å²) in [6, 6.07) is 0.993. The van der Waals surface area contributed by atoms with E-state index in [-0.39, 0.29) is 0 Å². The molecule has 79 valence electrons. The topological polar surface area (TPSA) is 18.5 Å². The van der Waals surface area contributed by atoms with Gasteiger partial charge in [0.05, 0.1) is 0 Å². The first-order chi connectivity index (χ1) is 6.18. The standard InChI is InChI=1S/C10H23O2Si/c1-5-8-11-13(4,10-7-3)12-9-6-2/h7H,5-6,8-10H2,1-4H3. The van der Waals surface area contributed by atoms with Gasteiger partial charge in [-0.05, 0) is 31.9 Å². The Kier molecular flexibility index (Phi) is 7.61. The Hall–Kier alpha value is 0.137. The van der Waals surface area contributed by atoms with E-state index in [0.29, 0.717) is 0 Å². The zero-order valence-corrected chi connectivity index (χ0v) is 10.4. The lowest BCUT2D eigenvalue weighted by Crippen LogP contribution is -2.39. The molecule has 0 aromatic carbocycles. The summed E-state index contributed by atoms with van der Waals surface area (Å²) < 4.78 is 11.6. The Morgan fingerprint density at radius 1 is 1.08 bits per heavy atom. The van der Waals surface area contributed by atoms with Gasteiger partial charge in [0.25, 0.3) is 0 Å². The van der Waals surface area contributed by atoms with Gasteiger partial charge in [-0.2, -0.15) is 0 Å². The Bertz CT molecular complexity index is 109. The van der Waals surface area contributed by atoms with Gasteiger partial charge in [-0.1, -0.05) is 20.8 Å². The summed E-state index contributed by atoms with van der Waals surface area (Å²) in [6.45, 7) is 10.1. The molecule has 0 fully saturated rings. The van der Waals surface area contributed by atoms with Crippen LogP contribution < -0.4 is 0 Å². The molecule has 0 aliphatic heterocycles. The van der Waals surface area contributed by atoms with E-state index in [1.165, 1.54) is 0 Å². The van der Waals surface area contributed by atoms with Crippen molar-refractivity contribution in [3.05, 3.63) is 6.42 Å². The quantitative estimate of drug-likeness (QED) is 0.564. The monoisotopic (exact) mass is 203 g/mol. The lowest BCUT2D eigenvalue weighted by Gasteiger charge is -2.26. The van der Waals surface area contributed by atoms with Crippen molar-refractivity contribution in [3.8, 4) is 0 Å². The third-order valence-electron chi connectivity index (χ3n) is 1.80. The summed E-state index contributed by atoms with van der Waals surface area (Å²) in [5.74, 6) is 0. The fourth-order valence-electron chi connectivity index (χ4n) is 1.17. The molecule has 0 atom stereocenters. The van der Waals surface area contributed by atoms with E-state index in [4.69, 9.17) is 8.85 Å². The maximum Gasteiger partial charge on any atom is 0.335 e. The van der Waals surface area contributed by atoms with E-state index < -0.39 is 8.56 Å². The minimum atomic E-state index is -1.85. The van der Waals surface area contributed by atoms with Gasteiger partial charge in [0.2, 0.25) is 0 Å². The van der Waals surface area contributed by atoms with Crippen LogP contribution in [0.5, 0.6) is 0 Å². The zero-order chi connectivity index (χ0) is 10.2. The highest BCUT2D eigenvalue weighted by Gasteiger charge is 2.29. The molecule has 0 bridgehead atoms. The first-order valence-corrected chi connectivity index (χ1v) is 7.76. The molecule has 0 spiro atoms. The van der Waals surface area contributed by atoms with Crippen molar-refractivity contribution < 1.29 is 8.85 Å². The highest BCUT2D eigenvalue weighted by molar-refractivity contribution is 6.66. The highest BCUT2D eigenvalue weighted by Crippen LogP contribution is 2.15. The van der Waals surface area contributed by atoms with Crippen LogP contribution in [0.3, 0.4) is 0 Å². The van der Waals surface area contributed by atoms with Crippen LogP contribution in [-0.2, 0) is 8.85 Å². The van der Waals surface area contributed by atoms with Gasteiger partial charge in [0, 0.05) is 13.2 Å². The van der Waals surface area contributed by atoms with Crippen molar-refractivity contribution in [3.63, 3.8) is 0 Å². The molecule has 0 saturated carbocycles. The van der Waals surface area contributed by atoms with Crippen molar-refractivity contribution in [1.29, 1.82) is 0 Å². The molecule has 0 aliphatic carbocycles. The normalized spacial score (nSPS) is 12.0. The van der Waals surface area contributed by atoms with Crippen LogP contribution in [0.4, 0.5) is 0 Å². The van der Waals surface area contributed by atoms with E-state index in [0.717, 1.165) is 32.1 Å². The van der Waals surface area contributed by atoms with Crippen molar-refractivity contribution in [2.45, 2.75) is 46.2 Å². The summed E-state index contributed by atoms with van der Waals surface area (Å²) in [5.41, 5.74) is 0. The molecule has 0 aromatic heterocycles. The van der Waals surface area contributed by atoms with Crippen molar-refractivity contribution in [1.82, 2.24) is 0 Å². The van der Waals surface area contributed by atoms with Crippen LogP contribution in [-0.4, -0.2) is 21.8 Å². The van der Waals surface area contributed by atoms with Gasteiger partial charge >= 0.3 is 8.56 Å². The summed E-state index contributed by atoms with van der Waals surface area (Å²) in [4.78, 5) is 0. The molecule has 0 unspecified atom stereocenters. The van der Waals surface area contributed by atoms with Gasteiger partial charge in [-0.15, -0.1) is 0 Å². The molecule has 0 heterocycles. The second-order valence-corrected chi connectivity index (χ2v) is 6.70. The number of rotatable bonds is 8. The molecule has 0 aliphatic rings. The molecular formula is C10H23O2Si. The molecule has 2 nitrogen and oxygen atoms in total. The maximum atomic E-state index is 5.81. The SMILES string of the molecule is C[CH]C[Si](C)(OCCC)OCCC. The third kappa shape index (κ3) is 6.24. The van der Waals surface area contributed by atoms with Crippen LogP contribution in [0.15, 0.2) is 0 Å². The molecule has 0 amide bonds. The van der Waals surface area contributed by atoms with Crippen LogP contribution in [0, 0.1) is 6.42 Å². The van der Waals surface area contributed by atoms with Gasteiger partial charge in [-0.25, -0.2) is 0 Å². The number of hydrogen-bond donors (Lipinski definition) is 0. The average molecular weight is 203 g/mol. The molecule has 0 N–H and O–H groups in total. The second kappa shape index (κ2) is 7.53. The van der Waals surface area contributed by atoms with Crippen LogP contribution in [0.1, 0.15) is 33.6 Å². The predicted molar refractivity (Wildman–Crippen MR) is 58.9 cm³/mol. The molecule has 1 radical (unpaired) electrons. The van der Waals surface area contributed by atoms with Crippen molar-refractivity contribution in [2.24, 2.45) is 0 Å². The summed E-state index contributed by atoms with van der Waals surface area (Å²) in [6.07, 6.45) is 4.29. The lowest BCUT2D eigenvalue weighted by molar-refractivity contribution is 0.175. The summed E-state index contributed by atoms with van der Waals surface area (Å²) >= 11 is 0. The Morgan fingerprint density at radius 2 is 1.54 bits per heavy atom. The van der Waals surface area contributed by atoms with Crippen molar-refractivity contribution >= 4 is 8.56 Å². The predicted octanol–water partition coefficient (Wildman–Crippen LogP) is 3.14. The first kappa shape index (κ1) is 13.1. The second-order valence-electron chi connectivity index (χ2n) is 3.44. The van der Waals surface area contributed by atoms with Crippen LogP contribution in [0.25, 0.3) is 0 Å². The highest BCUT2D eigenvalue weighted by atomic mass is 28.4. The largest absolute Gasteiger partial charge is 0.394 e. The Labute approximate surface area is 83.9 Å². The minimum absolute atomic E-state index is 0.834. The molecule has 0 rings (SSSR count). The van der Waals surface area contributed by atoms with Gasteiger partial charge in [-0.3, -0.25) is 0 Å². The molecule has 0 aromatic rings. The maximum absolute atomic E-state index is 5.81. The Balaban J connectivity index is 3.84. The van der Waals surface area contributed by atoms with E-state index in [9.17, 15) is 0 Å². The van der Waals surface area contributed by atoms with Crippen LogP contribution in [0.2, 0.25) is 12.6 Å². The minimum Gasteiger partial charge on any atom is -0.394 e. The average Bonchev–Trinajstić information content (AvgIpc) is 2.12. The molecular weight excluding hydrogens is 180 g/mol. The van der Waals surface area contributed by atoms with Gasteiger partial charge in [0.15, 0.2) is 0 Å². The zero-order valence-electron chi connectivity index (χ0n) is 9.43.